The number of rotatable bonds is 14. The van der Waals surface area contributed by atoms with Gasteiger partial charge in [-0.3, -0.25) is 9.59 Å². The molecule has 1 atom stereocenters. The van der Waals surface area contributed by atoms with E-state index in [-0.39, 0.29) is 71.7 Å². The maximum absolute atomic E-state index is 9.43. The summed E-state index contributed by atoms with van der Waals surface area (Å²) in [6, 6.07) is 0. The summed E-state index contributed by atoms with van der Waals surface area (Å²) in [4.78, 5) is 18.9. The molecule has 0 aliphatic heterocycles. The normalized spacial score (nSPS) is 10.5. The van der Waals surface area contributed by atoms with Crippen LogP contribution in [0.4, 0.5) is 0 Å². The largest absolute Gasteiger partial charge is 1.00 e. The molecule has 0 rings (SSSR count). The molecule has 0 aromatic carbocycles. The number of carboxylic acids is 2. The van der Waals surface area contributed by atoms with Crippen LogP contribution in [0.25, 0.3) is 0 Å². The zero-order chi connectivity index (χ0) is 17.9. The minimum Gasteiger partial charge on any atom is -1.00 e. The van der Waals surface area contributed by atoms with Gasteiger partial charge in [0.2, 0.25) is 0 Å². The minimum atomic E-state index is -1.31. The van der Waals surface area contributed by atoms with E-state index >= 15 is 0 Å². The molecule has 0 bridgehead atoms. The van der Waals surface area contributed by atoms with Crippen LogP contribution in [0.2, 0.25) is 0 Å². The summed E-state index contributed by atoms with van der Waals surface area (Å²) >= 11 is 0. The first-order valence-electron chi connectivity index (χ1n) is 9.20. The fraction of sp³-hybridized carbons (Fsp3) is 0.842. The van der Waals surface area contributed by atoms with Crippen molar-refractivity contribution in [1.29, 1.82) is 0 Å². The first-order chi connectivity index (χ1) is 10.9. The monoisotopic (exact) mass is 376 g/mol. The summed E-state index contributed by atoms with van der Waals surface area (Å²) in [6.07, 6.45) is 16.0. The van der Waals surface area contributed by atoms with Crippen molar-refractivity contribution in [3.8, 4) is 0 Å². The van der Waals surface area contributed by atoms with E-state index in [9.17, 15) is 9.59 Å². The van der Waals surface area contributed by atoms with Gasteiger partial charge in [0.1, 0.15) is 6.42 Å². The number of hydrogen-bond donors (Lipinski definition) is 2. The molecule has 0 fully saturated rings. The molecule has 0 amide bonds. The molecule has 140 valence electrons. The second kappa shape index (κ2) is 27.4. The van der Waals surface area contributed by atoms with Gasteiger partial charge in [0, 0.05) is 0 Å². The Balaban J connectivity index is -0.000000127. The van der Waals surface area contributed by atoms with E-state index in [4.69, 9.17) is 10.2 Å². The Kier molecular flexibility index (Phi) is 37.0. The SMILES string of the molecule is O=C(O)CC(=O)O.[CH2-]C(CCCC)CCCCCCCCCC.[H-].[K+].[Li+]. The van der Waals surface area contributed by atoms with E-state index in [1.165, 1.54) is 77.0 Å². The standard InChI is InChI=1S/C16H33.C3H4O4.K.Li.H/c1-4-6-8-9-10-11-12-13-15-16(3)14-7-5-2;4-2(5)1-3(6)7;;;/h16H,3-15H2,1-2H3;1H2,(H,4,5)(H,6,7);;;/q-1;;2*+1;-1. The molecule has 0 spiro atoms. The van der Waals surface area contributed by atoms with Crippen LogP contribution in [-0.4, -0.2) is 22.2 Å². The number of carboxylic acid groups (broad SMARTS) is 2. The molecule has 0 aliphatic carbocycles. The molecule has 0 aliphatic rings. The maximum atomic E-state index is 9.43. The Morgan fingerprint density at radius 1 is 0.800 bits per heavy atom. The van der Waals surface area contributed by atoms with Crippen molar-refractivity contribution < 1.29 is 91.5 Å². The molecule has 25 heavy (non-hydrogen) atoms. The molecule has 0 saturated carbocycles. The van der Waals surface area contributed by atoms with Gasteiger partial charge in [-0.2, -0.15) is 5.92 Å². The van der Waals surface area contributed by atoms with Crippen molar-refractivity contribution in [1.82, 2.24) is 0 Å². The van der Waals surface area contributed by atoms with Crippen molar-refractivity contribution >= 4 is 11.9 Å². The van der Waals surface area contributed by atoms with Crippen LogP contribution in [0.1, 0.15) is 98.7 Å². The second-order valence-electron chi connectivity index (χ2n) is 6.24. The van der Waals surface area contributed by atoms with Crippen molar-refractivity contribution in [3.05, 3.63) is 6.92 Å². The Bertz CT molecular complexity index is 283. The van der Waals surface area contributed by atoms with Gasteiger partial charge in [-0.1, -0.05) is 90.9 Å². The van der Waals surface area contributed by atoms with Crippen molar-refractivity contribution in [2.24, 2.45) is 5.92 Å². The summed E-state index contributed by atoms with van der Waals surface area (Å²) in [5.41, 5.74) is 0. The van der Waals surface area contributed by atoms with Gasteiger partial charge in [-0.15, -0.1) is 0 Å². The van der Waals surface area contributed by atoms with E-state index in [1.54, 1.807) is 0 Å². The van der Waals surface area contributed by atoms with Crippen molar-refractivity contribution in [2.45, 2.75) is 97.3 Å². The molecule has 0 aromatic rings. The number of aliphatic carboxylic acids is 2. The van der Waals surface area contributed by atoms with Gasteiger partial charge in [0.25, 0.3) is 0 Å². The van der Waals surface area contributed by atoms with Gasteiger partial charge >= 0.3 is 82.2 Å². The van der Waals surface area contributed by atoms with Crippen molar-refractivity contribution in [3.63, 3.8) is 0 Å². The summed E-state index contributed by atoms with van der Waals surface area (Å²) in [7, 11) is 0. The Hall–Kier alpha value is 1.17. The third-order valence-electron chi connectivity index (χ3n) is 3.73. The van der Waals surface area contributed by atoms with E-state index in [0.717, 1.165) is 5.92 Å². The summed E-state index contributed by atoms with van der Waals surface area (Å²) in [5.74, 6) is -1.90. The van der Waals surface area contributed by atoms with Gasteiger partial charge in [-0.25, -0.2) is 0 Å². The fourth-order valence-electron chi connectivity index (χ4n) is 2.33. The molecule has 0 aromatic heterocycles. The van der Waals surface area contributed by atoms with E-state index in [1.807, 2.05) is 0 Å². The van der Waals surface area contributed by atoms with E-state index in [2.05, 4.69) is 20.8 Å². The van der Waals surface area contributed by atoms with Crippen LogP contribution in [-0.2, 0) is 9.59 Å². The fourth-order valence-corrected chi connectivity index (χ4v) is 2.33. The third-order valence-corrected chi connectivity index (χ3v) is 3.73. The molecule has 0 heterocycles. The average Bonchev–Trinajstić information content (AvgIpc) is 2.47. The topological polar surface area (TPSA) is 74.6 Å². The van der Waals surface area contributed by atoms with Crippen LogP contribution in [0, 0.1) is 12.8 Å². The summed E-state index contributed by atoms with van der Waals surface area (Å²) < 4.78 is 0. The third kappa shape index (κ3) is 36.8. The summed E-state index contributed by atoms with van der Waals surface area (Å²) in [5, 5.41) is 15.4. The molecule has 1 unspecified atom stereocenters. The molecule has 4 nitrogen and oxygen atoms in total. The zero-order valence-electron chi connectivity index (χ0n) is 18.2. The van der Waals surface area contributed by atoms with Crippen LogP contribution < -0.4 is 70.2 Å². The Labute approximate surface area is 211 Å². The Morgan fingerprint density at radius 2 is 1.16 bits per heavy atom. The predicted octanol–water partition coefficient (Wildman–Crippen LogP) is -0.176. The van der Waals surface area contributed by atoms with Crippen LogP contribution >= 0.6 is 0 Å². The number of carbonyl (C=O) groups is 2. The van der Waals surface area contributed by atoms with Crippen molar-refractivity contribution in [2.75, 3.05) is 0 Å². The smallest absolute Gasteiger partial charge is 1.00 e. The summed E-state index contributed by atoms with van der Waals surface area (Å²) in [6.45, 7) is 8.78. The minimum absolute atomic E-state index is 0. The number of hydrogen-bond acceptors (Lipinski definition) is 2. The molecule has 0 saturated heterocycles. The quantitative estimate of drug-likeness (QED) is 0.191. The molecular weight excluding hydrogens is 338 g/mol. The molecule has 6 heteroatoms. The first-order valence-corrected chi connectivity index (χ1v) is 9.20. The van der Waals surface area contributed by atoms with Gasteiger partial charge in [0.05, 0.1) is 0 Å². The number of unbranched alkanes of at least 4 members (excludes halogenated alkanes) is 8. The molecule has 0 radical (unpaired) electrons. The molecule has 2 N–H and O–H groups in total. The second-order valence-corrected chi connectivity index (χ2v) is 6.24. The zero-order valence-corrected chi connectivity index (χ0v) is 20.3. The van der Waals surface area contributed by atoms with Gasteiger partial charge in [-0.05, 0) is 0 Å². The predicted molar refractivity (Wildman–Crippen MR) is 96.6 cm³/mol. The van der Waals surface area contributed by atoms with Crippen LogP contribution in [0.3, 0.4) is 0 Å². The maximum Gasteiger partial charge on any atom is 1.00 e. The van der Waals surface area contributed by atoms with Crippen LogP contribution in [0.15, 0.2) is 0 Å². The Morgan fingerprint density at radius 3 is 1.52 bits per heavy atom. The van der Waals surface area contributed by atoms with Gasteiger partial charge < -0.3 is 18.6 Å². The van der Waals surface area contributed by atoms with Gasteiger partial charge in [0.15, 0.2) is 0 Å². The van der Waals surface area contributed by atoms with E-state index in [0.29, 0.717) is 0 Å². The van der Waals surface area contributed by atoms with E-state index < -0.39 is 18.4 Å². The first kappa shape index (κ1) is 33.7. The average molecular weight is 377 g/mol. The molecular formula is C19H38KLiO4. The van der Waals surface area contributed by atoms with Crippen LogP contribution in [0.5, 0.6) is 0 Å².